The lowest BCUT2D eigenvalue weighted by Crippen LogP contribution is -2.49. The molecule has 1 saturated carbocycles. The van der Waals surface area contributed by atoms with E-state index in [-0.39, 0.29) is 0 Å². The van der Waals surface area contributed by atoms with Crippen molar-refractivity contribution < 1.29 is 9.47 Å². The van der Waals surface area contributed by atoms with E-state index in [0.29, 0.717) is 18.1 Å². The van der Waals surface area contributed by atoms with Gasteiger partial charge in [-0.25, -0.2) is 4.98 Å². The van der Waals surface area contributed by atoms with Crippen LogP contribution in [0.15, 0.2) is 18.2 Å². The van der Waals surface area contributed by atoms with Crippen molar-refractivity contribution in [2.45, 2.75) is 44.8 Å². The highest BCUT2D eigenvalue weighted by Gasteiger charge is 2.41. The molecular weight excluding hydrogens is 314 g/mol. The van der Waals surface area contributed by atoms with Crippen molar-refractivity contribution in [1.82, 2.24) is 9.88 Å². The van der Waals surface area contributed by atoms with Crippen LogP contribution >= 0.6 is 0 Å². The molecule has 1 aliphatic carbocycles. The molecule has 3 fully saturated rings. The van der Waals surface area contributed by atoms with Gasteiger partial charge in [0.1, 0.15) is 5.82 Å². The quantitative estimate of drug-likeness (QED) is 0.741. The van der Waals surface area contributed by atoms with Crippen LogP contribution in [0.4, 0.5) is 5.82 Å². The molecule has 138 valence electrons. The number of ether oxygens (including phenoxy) is 2. The lowest BCUT2D eigenvalue weighted by Gasteiger charge is -2.38. The van der Waals surface area contributed by atoms with E-state index >= 15 is 0 Å². The van der Waals surface area contributed by atoms with Crippen molar-refractivity contribution in [3.63, 3.8) is 0 Å². The van der Waals surface area contributed by atoms with E-state index in [9.17, 15) is 0 Å². The molecule has 0 amide bonds. The molecule has 3 atom stereocenters. The molecule has 1 aromatic heterocycles. The number of hydrogen-bond acceptors (Lipinski definition) is 5. The summed E-state index contributed by atoms with van der Waals surface area (Å²) in [6.45, 7) is 9.16. The second kappa shape index (κ2) is 8.02. The molecule has 3 aliphatic rings. The molecule has 0 bridgehead atoms. The number of aryl methyl sites for hydroxylation is 1. The van der Waals surface area contributed by atoms with Crippen molar-refractivity contribution in [2.75, 3.05) is 50.9 Å². The average molecular weight is 345 g/mol. The number of nitrogens with zero attached hydrogens (tertiary/aromatic N) is 3. The normalized spacial score (nSPS) is 30.0. The molecule has 5 nitrogen and oxygen atoms in total. The van der Waals surface area contributed by atoms with Gasteiger partial charge in [-0.2, -0.15) is 0 Å². The van der Waals surface area contributed by atoms with Crippen LogP contribution in [0.1, 0.15) is 31.4 Å². The highest BCUT2D eigenvalue weighted by molar-refractivity contribution is 5.42. The fraction of sp³-hybridized carbons (Fsp3) is 0.750. The summed E-state index contributed by atoms with van der Waals surface area (Å²) in [5, 5.41) is 0. The molecule has 25 heavy (non-hydrogen) atoms. The maximum Gasteiger partial charge on any atom is 0.129 e. The predicted octanol–water partition coefficient (Wildman–Crippen LogP) is 2.49. The van der Waals surface area contributed by atoms with E-state index in [2.05, 4.69) is 34.9 Å². The molecule has 0 N–H and O–H groups in total. The Balaban J connectivity index is 1.28. The number of anilines is 1. The SMILES string of the molecule is Cc1cccc(N2CCOC3CC(COCCN4CCCC4)CC32)n1. The van der Waals surface area contributed by atoms with Gasteiger partial charge in [-0.15, -0.1) is 0 Å². The minimum Gasteiger partial charge on any atom is -0.380 e. The zero-order valence-corrected chi connectivity index (χ0v) is 15.4. The molecule has 5 heteroatoms. The summed E-state index contributed by atoms with van der Waals surface area (Å²) in [6, 6.07) is 6.76. The molecule has 3 heterocycles. The Morgan fingerprint density at radius 3 is 2.92 bits per heavy atom. The van der Waals surface area contributed by atoms with Gasteiger partial charge in [0.15, 0.2) is 0 Å². The van der Waals surface area contributed by atoms with E-state index in [4.69, 9.17) is 14.5 Å². The van der Waals surface area contributed by atoms with Gasteiger partial charge >= 0.3 is 0 Å². The van der Waals surface area contributed by atoms with Crippen LogP contribution in [0, 0.1) is 12.8 Å². The van der Waals surface area contributed by atoms with Crippen molar-refractivity contribution in [3.8, 4) is 0 Å². The number of aromatic nitrogens is 1. The van der Waals surface area contributed by atoms with E-state index < -0.39 is 0 Å². The minimum absolute atomic E-state index is 0.336. The number of hydrogen-bond donors (Lipinski definition) is 0. The van der Waals surface area contributed by atoms with E-state index in [1.807, 2.05) is 0 Å². The summed E-state index contributed by atoms with van der Waals surface area (Å²) in [5.74, 6) is 1.72. The highest BCUT2D eigenvalue weighted by atomic mass is 16.5. The van der Waals surface area contributed by atoms with Crippen molar-refractivity contribution >= 4 is 5.82 Å². The molecule has 0 radical (unpaired) electrons. The van der Waals surface area contributed by atoms with Crippen LogP contribution in [-0.4, -0.2) is 68.0 Å². The topological polar surface area (TPSA) is 37.8 Å². The summed E-state index contributed by atoms with van der Waals surface area (Å²) in [6.07, 6.45) is 5.32. The van der Waals surface area contributed by atoms with Gasteiger partial charge in [0.25, 0.3) is 0 Å². The molecule has 1 aromatic rings. The Hall–Kier alpha value is -1.17. The van der Waals surface area contributed by atoms with Gasteiger partial charge in [-0.3, -0.25) is 0 Å². The summed E-state index contributed by atoms with van der Waals surface area (Å²) in [4.78, 5) is 9.72. The standard InChI is InChI=1S/C20H31N3O2/c1-16-5-4-6-20(21-16)23-10-12-25-19-14-17(13-18(19)23)15-24-11-9-22-7-2-3-8-22/h4-6,17-19H,2-3,7-15H2,1H3. The minimum atomic E-state index is 0.336. The zero-order chi connectivity index (χ0) is 17.1. The third kappa shape index (κ3) is 4.15. The van der Waals surface area contributed by atoms with E-state index in [1.165, 1.54) is 25.9 Å². The van der Waals surface area contributed by atoms with Crippen molar-refractivity contribution in [3.05, 3.63) is 23.9 Å². The first-order valence-electron chi connectivity index (χ1n) is 9.91. The van der Waals surface area contributed by atoms with Crippen LogP contribution < -0.4 is 4.90 Å². The van der Waals surface area contributed by atoms with E-state index in [0.717, 1.165) is 57.3 Å². The molecule has 4 rings (SSSR count). The fourth-order valence-electron chi connectivity index (χ4n) is 4.61. The van der Waals surface area contributed by atoms with Gasteiger partial charge in [0, 0.05) is 25.4 Å². The Labute approximate surface area is 151 Å². The molecule has 2 aliphatic heterocycles. The molecule has 3 unspecified atom stereocenters. The Kier molecular flexibility index (Phi) is 5.54. The van der Waals surface area contributed by atoms with Crippen LogP contribution in [0.25, 0.3) is 0 Å². The number of likely N-dealkylation sites (tertiary alicyclic amines) is 1. The molecule has 2 saturated heterocycles. The fourth-order valence-corrected chi connectivity index (χ4v) is 4.61. The predicted molar refractivity (Wildman–Crippen MR) is 99.1 cm³/mol. The molecule has 0 spiro atoms. The summed E-state index contributed by atoms with van der Waals surface area (Å²) in [5.41, 5.74) is 1.08. The number of morpholine rings is 1. The third-order valence-electron chi connectivity index (χ3n) is 5.91. The Bertz CT molecular complexity index is 562. The highest BCUT2D eigenvalue weighted by Crippen LogP contribution is 2.36. The second-order valence-corrected chi connectivity index (χ2v) is 7.77. The average Bonchev–Trinajstić information content (AvgIpc) is 3.27. The van der Waals surface area contributed by atoms with Gasteiger partial charge in [0.2, 0.25) is 0 Å². The first kappa shape index (κ1) is 17.3. The second-order valence-electron chi connectivity index (χ2n) is 7.77. The Morgan fingerprint density at radius 2 is 2.08 bits per heavy atom. The van der Waals surface area contributed by atoms with Crippen LogP contribution in [0.3, 0.4) is 0 Å². The van der Waals surface area contributed by atoms with Crippen LogP contribution in [-0.2, 0) is 9.47 Å². The van der Waals surface area contributed by atoms with Gasteiger partial charge in [-0.05, 0) is 63.7 Å². The summed E-state index contributed by atoms with van der Waals surface area (Å²) >= 11 is 0. The maximum absolute atomic E-state index is 6.07. The monoisotopic (exact) mass is 345 g/mol. The van der Waals surface area contributed by atoms with Crippen molar-refractivity contribution in [1.29, 1.82) is 0 Å². The lowest BCUT2D eigenvalue weighted by molar-refractivity contribution is 0.0204. The first-order chi connectivity index (χ1) is 12.3. The Morgan fingerprint density at radius 1 is 1.20 bits per heavy atom. The molecular formula is C20H31N3O2. The van der Waals surface area contributed by atoms with Gasteiger partial charge < -0.3 is 19.3 Å². The van der Waals surface area contributed by atoms with Gasteiger partial charge in [-0.1, -0.05) is 6.07 Å². The largest absolute Gasteiger partial charge is 0.380 e. The molecule has 0 aromatic carbocycles. The smallest absolute Gasteiger partial charge is 0.129 e. The third-order valence-corrected chi connectivity index (χ3v) is 5.91. The number of pyridine rings is 1. The maximum atomic E-state index is 6.07. The number of rotatable bonds is 6. The summed E-state index contributed by atoms with van der Waals surface area (Å²) in [7, 11) is 0. The number of fused-ring (bicyclic) bond motifs is 1. The zero-order valence-electron chi connectivity index (χ0n) is 15.4. The lowest BCUT2D eigenvalue weighted by atomic mass is 10.1. The van der Waals surface area contributed by atoms with Crippen LogP contribution in [0.5, 0.6) is 0 Å². The van der Waals surface area contributed by atoms with Crippen LogP contribution in [0.2, 0.25) is 0 Å². The van der Waals surface area contributed by atoms with E-state index in [1.54, 1.807) is 0 Å². The van der Waals surface area contributed by atoms with Gasteiger partial charge in [0.05, 0.1) is 25.4 Å². The van der Waals surface area contributed by atoms with Crippen molar-refractivity contribution in [2.24, 2.45) is 5.92 Å². The summed E-state index contributed by atoms with van der Waals surface area (Å²) < 4.78 is 12.1. The first-order valence-corrected chi connectivity index (χ1v) is 9.91.